The van der Waals surface area contributed by atoms with E-state index in [1.165, 1.54) is 0 Å². The standard InChI is InChI=1S/C15H28O5.C11H20O4/c1-11(2)12(10-13(17)20-15(3,4)5)14(18)19-9-7-6-8-16;1-7(2)8(10(13)14)6-9(12)15-11(3,4)5/h11-12,16H,6-10H2,1-5H3;7-8H,6H2,1-5H3,(H,13,14)/t12-;8-/m00/s1. The number of aliphatic hydroxyl groups excluding tert-OH is 1. The number of hydrogen-bond acceptors (Lipinski definition) is 8. The van der Waals surface area contributed by atoms with Gasteiger partial charge in [0.1, 0.15) is 11.2 Å². The maximum absolute atomic E-state index is 12.0. The minimum absolute atomic E-state index is 0.00728. The first-order valence-electron chi connectivity index (χ1n) is 12.2. The highest BCUT2D eigenvalue weighted by molar-refractivity contribution is 5.80. The highest BCUT2D eigenvalue weighted by Gasteiger charge is 2.29. The van der Waals surface area contributed by atoms with Crippen LogP contribution in [0.15, 0.2) is 0 Å². The number of carboxylic acids is 1. The summed E-state index contributed by atoms with van der Waals surface area (Å²) in [6, 6.07) is 0. The zero-order valence-corrected chi connectivity index (χ0v) is 23.3. The van der Waals surface area contributed by atoms with Crippen molar-refractivity contribution in [2.45, 2.75) is 106 Å². The smallest absolute Gasteiger partial charge is 0.309 e. The predicted molar refractivity (Wildman–Crippen MR) is 132 cm³/mol. The first-order chi connectivity index (χ1) is 15.8. The molecule has 0 unspecified atom stereocenters. The quantitative estimate of drug-likeness (QED) is 0.225. The van der Waals surface area contributed by atoms with Crippen LogP contribution in [0, 0.1) is 23.7 Å². The first-order valence-corrected chi connectivity index (χ1v) is 12.2. The molecule has 0 fully saturated rings. The fraction of sp³-hybridized carbons (Fsp3) is 0.846. The van der Waals surface area contributed by atoms with E-state index < -0.39 is 35.0 Å². The number of carbonyl (C=O) groups excluding carboxylic acids is 3. The third-order valence-corrected chi connectivity index (χ3v) is 4.64. The van der Waals surface area contributed by atoms with Gasteiger partial charge in [0.05, 0.1) is 31.3 Å². The van der Waals surface area contributed by atoms with E-state index in [0.29, 0.717) is 12.8 Å². The molecule has 0 amide bonds. The molecule has 9 nitrogen and oxygen atoms in total. The van der Waals surface area contributed by atoms with Crippen LogP contribution in [0.1, 0.15) is 94.9 Å². The predicted octanol–water partition coefficient (Wildman–Crippen LogP) is 4.38. The molecular formula is C26H48O9. The Labute approximate surface area is 210 Å². The van der Waals surface area contributed by atoms with Gasteiger partial charge in [0.25, 0.3) is 0 Å². The second-order valence-electron chi connectivity index (χ2n) is 11.2. The summed E-state index contributed by atoms with van der Waals surface area (Å²) in [5.41, 5.74) is -1.11. The van der Waals surface area contributed by atoms with Crippen molar-refractivity contribution < 1.29 is 43.6 Å². The maximum atomic E-state index is 12.0. The summed E-state index contributed by atoms with van der Waals surface area (Å²) in [6.07, 6.45) is 1.20. The summed E-state index contributed by atoms with van der Waals surface area (Å²) >= 11 is 0. The molecule has 0 aromatic rings. The molecule has 0 aliphatic carbocycles. The van der Waals surface area contributed by atoms with Gasteiger partial charge in [-0.15, -0.1) is 0 Å². The first kappa shape index (κ1) is 35.0. The number of aliphatic hydroxyl groups is 1. The van der Waals surface area contributed by atoms with Crippen molar-refractivity contribution in [3.63, 3.8) is 0 Å². The van der Waals surface area contributed by atoms with Crippen LogP contribution < -0.4 is 0 Å². The van der Waals surface area contributed by atoms with E-state index in [-0.39, 0.29) is 49.8 Å². The number of esters is 3. The van der Waals surface area contributed by atoms with E-state index in [4.69, 9.17) is 24.4 Å². The lowest BCUT2D eigenvalue weighted by Crippen LogP contribution is -2.30. The summed E-state index contributed by atoms with van der Waals surface area (Å²) in [5.74, 6) is -3.38. The van der Waals surface area contributed by atoms with Crippen LogP contribution in [-0.2, 0) is 33.4 Å². The van der Waals surface area contributed by atoms with Crippen LogP contribution in [0.2, 0.25) is 0 Å². The zero-order chi connectivity index (χ0) is 28.0. The Morgan fingerprint density at radius 3 is 1.43 bits per heavy atom. The summed E-state index contributed by atoms with van der Waals surface area (Å²) in [4.78, 5) is 46.0. The Morgan fingerprint density at radius 1 is 0.714 bits per heavy atom. The van der Waals surface area contributed by atoms with E-state index in [1.807, 2.05) is 13.8 Å². The van der Waals surface area contributed by atoms with E-state index in [2.05, 4.69) is 0 Å². The van der Waals surface area contributed by atoms with E-state index in [9.17, 15) is 19.2 Å². The molecule has 2 atom stereocenters. The minimum Gasteiger partial charge on any atom is -0.481 e. The number of carbonyl (C=O) groups is 4. The average molecular weight is 505 g/mol. The molecule has 0 aliphatic heterocycles. The van der Waals surface area contributed by atoms with Gasteiger partial charge < -0.3 is 24.4 Å². The molecule has 0 saturated carbocycles. The van der Waals surface area contributed by atoms with Crippen LogP contribution in [0.3, 0.4) is 0 Å². The summed E-state index contributed by atoms with van der Waals surface area (Å²) in [7, 11) is 0. The van der Waals surface area contributed by atoms with E-state index in [1.54, 1.807) is 55.4 Å². The molecule has 206 valence electrons. The van der Waals surface area contributed by atoms with Gasteiger partial charge in [0, 0.05) is 6.61 Å². The number of unbranched alkanes of at least 4 members (excludes halogenated alkanes) is 1. The van der Waals surface area contributed by atoms with Crippen molar-refractivity contribution in [3.8, 4) is 0 Å². The molecule has 9 heteroatoms. The number of ether oxygens (including phenoxy) is 3. The minimum atomic E-state index is -0.948. The third kappa shape index (κ3) is 19.8. The zero-order valence-electron chi connectivity index (χ0n) is 23.3. The fourth-order valence-corrected chi connectivity index (χ4v) is 2.82. The lowest BCUT2D eigenvalue weighted by atomic mass is 9.92. The van der Waals surface area contributed by atoms with E-state index >= 15 is 0 Å². The molecule has 2 N–H and O–H groups in total. The number of rotatable bonds is 12. The van der Waals surface area contributed by atoms with Crippen LogP contribution in [0.5, 0.6) is 0 Å². The van der Waals surface area contributed by atoms with Crippen molar-refractivity contribution >= 4 is 23.9 Å². The topological polar surface area (TPSA) is 136 Å². The maximum Gasteiger partial charge on any atom is 0.309 e. The van der Waals surface area contributed by atoms with E-state index in [0.717, 1.165) is 0 Å². The normalized spacial score (nSPS) is 13.4. The van der Waals surface area contributed by atoms with Crippen LogP contribution in [0.4, 0.5) is 0 Å². The van der Waals surface area contributed by atoms with Crippen molar-refractivity contribution in [2.24, 2.45) is 23.7 Å². The highest BCUT2D eigenvalue weighted by Crippen LogP contribution is 2.20. The Kier molecular flexibility index (Phi) is 16.5. The lowest BCUT2D eigenvalue weighted by Gasteiger charge is -2.23. The van der Waals surface area contributed by atoms with Crippen molar-refractivity contribution in [2.75, 3.05) is 13.2 Å². The molecule has 0 saturated heterocycles. The van der Waals surface area contributed by atoms with Gasteiger partial charge in [-0.25, -0.2) is 0 Å². The third-order valence-electron chi connectivity index (χ3n) is 4.64. The van der Waals surface area contributed by atoms with Gasteiger partial charge in [-0.3, -0.25) is 19.2 Å². The molecule has 0 aromatic heterocycles. The largest absolute Gasteiger partial charge is 0.481 e. The number of hydrogen-bond donors (Lipinski definition) is 2. The Hall–Kier alpha value is -2.16. The molecule has 0 rings (SSSR count). The lowest BCUT2D eigenvalue weighted by molar-refractivity contribution is -0.163. The van der Waals surface area contributed by atoms with Gasteiger partial charge in [-0.1, -0.05) is 27.7 Å². The molecule has 0 spiro atoms. The number of aliphatic carboxylic acids is 1. The number of carboxylic acid groups (broad SMARTS) is 1. The Bertz CT molecular complexity index is 655. The van der Waals surface area contributed by atoms with Crippen molar-refractivity contribution in [1.29, 1.82) is 0 Å². The second kappa shape index (κ2) is 16.5. The summed E-state index contributed by atoms with van der Waals surface area (Å²) in [6.45, 7) is 18.3. The molecule has 0 aliphatic rings. The molecule has 0 radical (unpaired) electrons. The SMILES string of the molecule is CC(C)[C@H](CC(=O)OC(C)(C)C)C(=O)O.CC(C)[C@H](CC(=O)OC(C)(C)C)C(=O)OCCCCO. The molecule has 0 bridgehead atoms. The average Bonchev–Trinajstić information content (AvgIpc) is 2.64. The van der Waals surface area contributed by atoms with Crippen LogP contribution in [-0.4, -0.2) is 58.5 Å². The van der Waals surface area contributed by atoms with Gasteiger partial charge in [0.15, 0.2) is 0 Å². The van der Waals surface area contributed by atoms with Crippen molar-refractivity contribution in [1.82, 2.24) is 0 Å². The second-order valence-corrected chi connectivity index (χ2v) is 11.2. The van der Waals surface area contributed by atoms with Crippen LogP contribution in [0.25, 0.3) is 0 Å². The fourth-order valence-electron chi connectivity index (χ4n) is 2.82. The molecular weight excluding hydrogens is 456 g/mol. The van der Waals surface area contributed by atoms with Crippen LogP contribution >= 0.6 is 0 Å². The molecule has 0 heterocycles. The highest BCUT2D eigenvalue weighted by atomic mass is 16.6. The Balaban J connectivity index is 0. The molecule has 0 aromatic carbocycles. The van der Waals surface area contributed by atoms with Gasteiger partial charge in [-0.05, 0) is 66.2 Å². The Morgan fingerprint density at radius 2 is 1.11 bits per heavy atom. The van der Waals surface area contributed by atoms with Gasteiger partial charge >= 0.3 is 23.9 Å². The van der Waals surface area contributed by atoms with Crippen molar-refractivity contribution in [3.05, 3.63) is 0 Å². The van der Waals surface area contributed by atoms with Gasteiger partial charge in [0.2, 0.25) is 0 Å². The summed E-state index contributed by atoms with van der Waals surface area (Å²) in [5, 5.41) is 17.5. The monoisotopic (exact) mass is 504 g/mol. The molecule has 35 heavy (non-hydrogen) atoms. The van der Waals surface area contributed by atoms with Gasteiger partial charge in [-0.2, -0.15) is 0 Å². The summed E-state index contributed by atoms with van der Waals surface area (Å²) < 4.78 is 15.4.